The van der Waals surface area contributed by atoms with E-state index >= 15 is 0 Å². The lowest BCUT2D eigenvalue weighted by molar-refractivity contribution is -0.147. The highest BCUT2D eigenvalue weighted by atomic mass is 79.9. The molecule has 0 amide bonds. The highest BCUT2D eigenvalue weighted by Gasteiger charge is 2.63. The summed E-state index contributed by atoms with van der Waals surface area (Å²) >= 11 is 7.32. The fourth-order valence-corrected chi connectivity index (χ4v) is 8.74. The van der Waals surface area contributed by atoms with Gasteiger partial charge >= 0.3 is 0 Å². The predicted octanol–water partition coefficient (Wildman–Crippen LogP) is 3.90. The van der Waals surface area contributed by atoms with E-state index in [1.54, 1.807) is 0 Å². The molecule has 23 heavy (non-hydrogen) atoms. The summed E-state index contributed by atoms with van der Waals surface area (Å²) in [5, 5.41) is 0. The number of ether oxygens (including phenoxy) is 1. The zero-order valence-corrected chi connectivity index (χ0v) is 16.9. The van der Waals surface area contributed by atoms with E-state index in [9.17, 15) is 9.59 Å². The summed E-state index contributed by atoms with van der Waals surface area (Å²) in [5.74, 6) is 2.03. The third-order valence-corrected chi connectivity index (χ3v) is 9.46. The van der Waals surface area contributed by atoms with Crippen molar-refractivity contribution < 1.29 is 14.3 Å². The summed E-state index contributed by atoms with van der Waals surface area (Å²) in [7, 11) is 0. The van der Waals surface area contributed by atoms with Gasteiger partial charge in [0.25, 0.3) is 0 Å². The van der Waals surface area contributed by atoms with E-state index in [0.717, 1.165) is 32.1 Å². The standard InChI is InChI=1S/C18H24Br2O3/c1-17-6-5-10-9(16(17)23-8-13(17)21)3-4-11-14(20)15(22)12(19)7-18(10,11)2/h9-12,14,16H,3-8H2,1-2H3/t9-,10-,11?,12?,14?,16+,17-,18-/m1/s1. The van der Waals surface area contributed by atoms with Crippen LogP contribution >= 0.6 is 31.9 Å². The van der Waals surface area contributed by atoms with Gasteiger partial charge in [-0.2, -0.15) is 0 Å². The molecule has 4 aliphatic rings. The molecule has 4 fully saturated rings. The van der Waals surface area contributed by atoms with Crippen molar-refractivity contribution in [2.75, 3.05) is 6.61 Å². The third-order valence-electron chi connectivity index (χ3n) is 7.60. The molecule has 0 bridgehead atoms. The highest BCUT2D eigenvalue weighted by molar-refractivity contribution is 9.10. The first kappa shape index (κ1) is 16.7. The number of rotatable bonds is 0. The second kappa shape index (κ2) is 5.38. The zero-order valence-electron chi connectivity index (χ0n) is 13.7. The molecule has 0 aromatic heterocycles. The van der Waals surface area contributed by atoms with Gasteiger partial charge in [-0.05, 0) is 55.3 Å². The van der Waals surface area contributed by atoms with Gasteiger partial charge < -0.3 is 4.74 Å². The summed E-state index contributed by atoms with van der Waals surface area (Å²) in [6, 6.07) is 0. The van der Waals surface area contributed by atoms with Crippen LogP contribution in [0.3, 0.4) is 0 Å². The van der Waals surface area contributed by atoms with Crippen molar-refractivity contribution in [1.82, 2.24) is 0 Å². The van der Waals surface area contributed by atoms with Crippen molar-refractivity contribution >= 4 is 43.4 Å². The largest absolute Gasteiger partial charge is 0.369 e. The Morgan fingerprint density at radius 2 is 1.83 bits per heavy atom. The minimum absolute atomic E-state index is 0.0361. The van der Waals surface area contributed by atoms with E-state index in [1.165, 1.54) is 0 Å². The lowest BCUT2D eigenvalue weighted by Gasteiger charge is -2.60. The van der Waals surface area contributed by atoms with Crippen molar-refractivity contribution in [2.45, 2.75) is 61.7 Å². The maximum Gasteiger partial charge on any atom is 0.166 e. The Morgan fingerprint density at radius 3 is 2.57 bits per heavy atom. The minimum atomic E-state index is -0.267. The quantitative estimate of drug-likeness (QED) is 0.529. The van der Waals surface area contributed by atoms with Crippen LogP contribution in [0, 0.1) is 28.6 Å². The van der Waals surface area contributed by atoms with Gasteiger partial charge in [0, 0.05) is 0 Å². The van der Waals surface area contributed by atoms with Gasteiger partial charge in [-0.1, -0.05) is 45.7 Å². The second-order valence-electron chi connectivity index (χ2n) is 8.55. The first-order valence-electron chi connectivity index (χ1n) is 8.76. The predicted molar refractivity (Wildman–Crippen MR) is 95.0 cm³/mol. The van der Waals surface area contributed by atoms with E-state index in [4.69, 9.17) is 4.74 Å². The lowest BCUT2D eigenvalue weighted by atomic mass is 9.46. The molecule has 0 aromatic carbocycles. The van der Waals surface area contributed by atoms with Gasteiger partial charge in [-0.15, -0.1) is 0 Å². The van der Waals surface area contributed by atoms with Gasteiger partial charge in [-0.3, -0.25) is 9.59 Å². The van der Waals surface area contributed by atoms with Crippen LogP contribution in [0.1, 0.15) is 46.0 Å². The SMILES string of the molecule is C[C@]12CC(Br)C(=O)C(Br)C1CC[C@@H]1[C@H]2CC[C@]2(C)C(=O)CO[C@@H]12. The number of carbonyl (C=O) groups excluding carboxylic acids is 2. The van der Waals surface area contributed by atoms with Crippen molar-refractivity contribution in [3.8, 4) is 0 Å². The number of fused-ring (bicyclic) bond motifs is 5. The van der Waals surface area contributed by atoms with E-state index < -0.39 is 0 Å². The molecular weight excluding hydrogens is 424 g/mol. The van der Waals surface area contributed by atoms with E-state index in [1.807, 2.05) is 0 Å². The number of hydrogen-bond donors (Lipinski definition) is 0. The van der Waals surface area contributed by atoms with Gasteiger partial charge in [-0.25, -0.2) is 0 Å². The summed E-state index contributed by atoms with van der Waals surface area (Å²) in [4.78, 5) is 24.6. The second-order valence-corrected chi connectivity index (χ2v) is 10.6. The highest BCUT2D eigenvalue weighted by Crippen LogP contribution is 2.63. The molecule has 3 aliphatic carbocycles. The number of halogens is 2. The molecule has 3 saturated carbocycles. The summed E-state index contributed by atoms with van der Waals surface area (Å²) in [6.45, 7) is 4.79. The van der Waals surface area contributed by atoms with Crippen LogP contribution in [0.2, 0.25) is 0 Å². The third kappa shape index (κ3) is 2.15. The van der Waals surface area contributed by atoms with E-state index in [2.05, 4.69) is 45.7 Å². The van der Waals surface area contributed by atoms with Crippen LogP contribution in [-0.2, 0) is 14.3 Å². The number of hydrogen-bond acceptors (Lipinski definition) is 3. The molecule has 0 spiro atoms. The maximum absolute atomic E-state index is 12.4. The average molecular weight is 448 g/mol. The Bertz CT molecular complexity index is 564. The van der Waals surface area contributed by atoms with Crippen LogP contribution in [0.15, 0.2) is 0 Å². The average Bonchev–Trinajstić information content (AvgIpc) is 2.80. The van der Waals surface area contributed by atoms with Gasteiger partial charge in [0.15, 0.2) is 11.6 Å². The molecule has 3 unspecified atom stereocenters. The minimum Gasteiger partial charge on any atom is -0.369 e. The Hall–Kier alpha value is 0.260. The Morgan fingerprint density at radius 1 is 1.09 bits per heavy atom. The Balaban J connectivity index is 1.68. The molecular formula is C18H24Br2O3. The van der Waals surface area contributed by atoms with Crippen LogP contribution in [0.4, 0.5) is 0 Å². The number of alkyl halides is 2. The molecule has 1 aliphatic heterocycles. The van der Waals surface area contributed by atoms with Crippen molar-refractivity contribution in [1.29, 1.82) is 0 Å². The van der Waals surface area contributed by atoms with E-state index in [0.29, 0.717) is 35.9 Å². The Labute approximate surface area is 154 Å². The monoisotopic (exact) mass is 446 g/mol. The van der Waals surface area contributed by atoms with Gasteiger partial charge in [0.05, 0.1) is 21.2 Å². The molecule has 1 heterocycles. The van der Waals surface area contributed by atoms with Gasteiger partial charge in [0.1, 0.15) is 6.61 Å². The first-order valence-corrected chi connectivity index (χ1v) is 10.6. The van der Waals surface area contributed by atoms with Crippen LogP contribution < -0.4 is 0 Å². The number of ketones is 2. The normalized spacial score (nSPS) is 56.0. The molecule has 0 radical (unpaired) electrons. The molecule has 0 aromatic rings. The smallest absolute Gasteiger partial charge is 0.166 e. The van der Waals surface area contributed by atoms with Crippen LogP contribution in [-0.4, -0.2) is 33.9 Å². The number of carbonyl (C=O) groups is 2. The van der Waals surface area contributed by atoms with E-state index in [-0.39, 0.29) is 26.6 Å². The zero-order chi connectivity index (χ0) is 16.6. The summed E-state index contributed by atoms with van der Waals surface area (Å²) in [6.07, 6.45) is 5.18. The molecule has 8 atom stereocenters. The van der Waals surface area contributed by atoms with Crippen LogP contribution in [0.25, 0.3) is 0 Å². The molecule has 4 rings (SSSR count). The number of Topliss-reactive ketones (excluding diaryl/α,β-unsaturated/α-hetero) is 2. The lowest BCUT2D eigenvalue weighted by Crippen LogP contribution is -2.60. The molecule has 1 saturated heterocycles. The molecule has 3 nitrogen and oxygen atoms in total. The summed E-state index contributed by atoms with van der Waals surface area (Å²) in [5.41, 5.74) is -0.119. The fourth-order valence-electron chi connectivity index (χ4n) is 6.22. The maximum atomic E-state index is 12.4. The van der Waals surface area contributed by atoms with Crippen molar-refractivity contribution in [3.63, 3.8) is 0 Å². The first-order chi connectivity index (χ1) is 10.8. The Kier molecular flexibility index (Phi) is 3.91. The van der Waals surface area contributed by atoms with Crippen LogP contribution in [0.5, 0.6) is 0 Å². The molecule has 0 N–H and O–H groups in total. The molecule has 5 heteroatoms. The topological polar surface area (TPSA) is 43.4 Å². The fraction of sp³-hybridized carbons (Fsp3) is 0.889. The molecule has 128 valence electrons. The van der Waals surface area contributed by atoms with Crippen molar-refractivity contribution in [3.05, 3.63) is 0 Å². The summed E-state index contributed by atoms with van der Waals surface area (Å²) < 4.78 is 6.00. The van der Waals surface area contributed by atoms with Gasteiger partial charge in [0.2, 0.25) is 0 Å². The van der Waals surface area contributed by atoms with Crippen molar-refractivity contribution in [2.24, 2.45) is 28.6 Å².